The molecule has 7 nitrogen and oxygen atoms in total. The summed E-state index contributed by atoms with van der Waals surface area (Å²) >= 11 is 0. The van der Waals surface area contributed by atoms with E-state index >= 15 is 0 Å². The molecule has 2 heterocycles. The van der Waals surface area contributed by atoms with Crippen molar-refractivity contribution in [3.05, 3.63) is 47.8 Å². The van der Waals surface area contributed by atoms with Crippen LogP contribution in [0.2, 0.25) is 0 Å². The quantitative estimate of drug-likeness (QED) is 0.774. The number of nitrogens with zero attached hydrogens (tertiary/aromatic N) is 2. The topological polar surface area (TPSA) is 102 Å². The highest BCUT2D eigenvalue weighted by Crippen LogP contribution is 2.25. The summed E-state index contributed by atoms with van der Waals surface area (Å²) in [6.45, 7) is 5.92. The molecular formula is C18H23N5O2. The highest BCUT2D eigenvalue weighted by Gasteiger charge is 2.34. The van der Waals surface area contributed by atoms with Gasteiger partial charge in [-0.3, -0.25) is 9.59 Å². The van der Waals surface area contributed by atoms with E-state index in [-0.39, 0.29) is 28.8 Å². The van der Waals surface area contributed by atoms with Gasteiger partial charge in [-0.2, -0.15) is 5.10 Å². The summed E-state index contributed by atoms with van der Waals surface area (Å²) in [6, 6.07) is 10.6. The lowest BCUT2D eigenvalue weighted by molar-refractivity contribution is 0.0863. The van der Waals surface area contributed by atoms with E-state index in [0.29, 0.717) is 5.69 Å². The molecule has 1 unspecified atom stereocenters. The lowest BCUT2D eigenvalue weighted by atomic mass is 9.80. The van der Waals surface area contributed by atoms with Crippen molar-refractivity contribution in [3.8, 4) is 5.69 Å². The second-order valence-corrected chi connectivity index (χ2v) is 7.01. The first-order valence-corrected chi connectivity index (χ1v) is 8.35. The average molecular weight is 341 g/mol. The molecule has 1 saturated heterocycles. The van der Waals surface area contributed by atoms with Gasteiger partial charge in [-0.25, -0.2) is 4.68 Å². The molecule has 1 aliphatic rings. The van der Waals surface area contributed by atoms with Crippen molar-refractivity contribution >= 4 is 11.8 Å². The maximum atomic E-state index is 12.7. The molecule has 2 aromatic rings. The molecule has 0 saturated carbocycles. The predicted molar refractivity (Wildman–Crippen MR) is 94.6 cm³/mol. The van der Waals surface area contributed by atoms with Gasteiger partial charge in [0.25, 0.3) is 11.8 Å². The van der Waals surface area contributed by atoms with Gasteiger partial charge in [-0.15, -0.1) is 0 Å². The fourth-order valence-corrected chi connectivity index (χ4v) is 3.10. The van der Waals surface area contributed by atoms with E-state index < -0.39 is 5.91 Å². The van der Waals surface area contributed by atoms with Crippen LogP contribution in [0.15, 0.2) is 36.4 Å². The Morgan fingerprint density at radius 2 is 2.04 bits per heavy atom. The minimum absolute atomic E-state index is 0.0418. The molecule has 0 aliphatic carbocycles. The van der Waals surface area contributed by atoms with Crippen LogP contribution in [0.5, 0.6) is 0 Å². The number of para-hydroxylation sites is 1. The standard InChI is InChI=1S/C18H23N5O2/c1-18(2)11-20-9-8-15(18)21-17(25)13-10-14(16(19)24)23(22-13)12-6-4-3-5-7-12/h3-7,10,15,20H,8-9,11H2,1-2H3,(H2,19,24)(H,21,25). The summed E-state index contributed by atoms with van der Waals surface area (Å²) in [5.74, 6) is -0.922. The number of benzene rings is 1. The number of nitrogens with one attached hydrogen (secondary N) is 2. The van der Waals surface area contributed by atoms with Crippen LogP contribution in [0.25, 0.3) is 5.69 Å². The predicted octanol–water partition coefficient (Wildman–Crippen LogP) is 1.09. The fourth-order valence-electron chi connectivity index (χ4n) is 3.10. The van der Waals surface area contributed by atoms with Crippen LogP contribution in [0, 0.1) is 5.41 Å². The number of nitrogens with two attached hydrogens (primary N) is 1. The summed E-state index contributed by atoms with van der Waals surface area (Å²) < 4.78 is 1.41. The molecule has 1 aromatic heterocycles. The van der Waals surface area contributed by atoms with Crippen molar-refractivity contribution in [3.63, 3.8) is 0 Å². The zero-order valence-corrected chi connectivity index (χ0v) is 14.5. The summed E-state index contributed by atoms with van der Waals surface area (Å²) in [5.41, 5.74) is 6.45. The van der Waals surface area contributed by atoms with E-state index in [1.165, 1.54) is 10.7 Å². The van der Waals surface area contributed by atoms with Crippen LogP contribution in [-0.4, -0.2) is 40.7 Å². The van der Waals surface area contributed by atoms with E-state index in [1.807, 2.05) is 18.2 Å². The molecule has 0 spiro atoms. The Morgan fingerprint density at radius 3 is 2.68 bits per heavy atom. The van der Waals surface area contributed by atoms with Crippen LogP contribution >= 0.6 is 0 Å². The number of carbonyl (C=O) groups excluding carboxylic acids is 2. The molecule has 7 heteroatoms. The summed E-state index contributed by atoms with van der Waals surface area (Å²) in [4.78, 5) is 24.4. The lowest BCUT2D eigenvalue weighted by Crippen LogP contribution is -2.54. The van der Waals surface area contributed by atoms with E-state index in [9.17, 15) is 9.59 Å². The first-order valence-electron chi connectivity index (χ1n) is 8.35. The van der Waals surface area contributed by atoms with Gasteiger partial charge in [-0.05, 0) is 30.5 Å². The molecule has 25 heavy (non-hydrogen) atoms. The summed E-state index contributed by atoms with van der Waals surface area (Å²) in [6.07, 6.45) is 0.848. The van der Waals surface area contributed by atoms with Crippen LogP contribution in [-0.2, 0) is 0 Å². The highest BCUT2D eigenvalue weighted by atomic mass is 16.2. The molecule has 4 N–H and O–H groups in total. The minimum Gasteiger partial charge on any atom is -0.364 e. The van der Waals surface area contributed by atoms with Crippen LogP contribution in [0.3, 0.4) is 0 Å². The second kappa shape index (κ2) is 6.68. The number of hydrogen-bond donors (Lipinski definition) is 3. The van der Waals surface area contributed by atoms with Crippen LogP contribution in [0.4, 0.5) is 0 Å². The Kier molecular flexibility index (Phi) is 4.59. The minimum atomic E-state index is -0.627. The first kappa shape index (κ1) is 17.2. The molecule has 3 rings (SSSR count). The van der Waals surface area contributed by atoms with Gasteiger partial charge >= 0.3 is 0 Å². The van der Waals surface area contributed by atoms with Gasteiger partial charge < -0.3 is 16.4 Å². The average Bonchev–Trinajstić information content (AvgIpc) is 3.03. The third-order valence-electron chi connectivity index (χ3n) is 4.63. The largest absolute Gasteiger partial charge is 0.364 e. The number of hydrogen-bond acceptors (Lipinski definition) is 4. The molecule has 1 atom stereocenters. The number of amides is 2. The highest BCUT2D eigenvalue weighted by molar-refractivity contribution is 5.97. The molecule has 1 aromatic carbocycles. The fraction of sp³-hybridized carbons (Fsp3) is 0.389. The summed E-state index contributed by atoms with van der Waals surface area (Å²) in [7, 11) is 0. The SMILES string of the molecule is CC1(C)CNCCC1NC(=O)c1cc(C(N)=O)n(-c2ccccc2)n1. The Labute approximate surface area is 146 Å². The van der Waals surface area contributed by atoms with Gasteiger partial charge in [-0.1, -0.05) is 32.0 Å². The van der Waals surface area contributed by atoms with Gasteiger partial charge in [0.15, 0.2) is 5.69 Å². The number of piperidine rings is 1. The molecule has 1 fully saturated rings. The Balaban J connectivity index is 1.87. The smallest absolute Gasteiger partial charge is 0.272 e. The van der Waals surface area contributed by atoms with Gasteiger partial charge in [0, 0.05) is 18.7 Å². The summed E-state index contributed by atoms with van der Waals surface area (Å²) in [5, 5.41) is 10.7. The maximum Gasteiger partial charge on any atom is 0.272 e. The van der Waals surface area contributed by atoms with E-state index in [2.05, 4.69) is 29.6 Å². The number of primary amides is 1. The van der Waals surface area contributed by atoms with Crippen molar-refractivity contribution < 1.29 is 9.59 Å². The van der Waals surface area contributed by atoms with Crippen molar-refractivity contribution in [1.82, 2.24) is 20.4 Å². The Morgan fingerprint density at radius 1 is 1.32 bits per heavy atom. The zero-order chi connectivity index (χ0) is 18.0. The molecular weight excluding hydrogens is 318 g/mol. The molecule has 0 bridgehead atoms. The normalized spacial score (nSPS) is 19.4. The third-order valence-corrected chi connectivity index (χ3v) is 4.63. The van der Waals surface area contributed by atoms with Crippen molar-refractivity contribution in [2.45, 2.75) is 26.3 Å². The Bertz CT molecular complexity index is 782. The first-order chi connectivity index (χ1) is 11.9. The monoisotopic (exact) mass is 341 g/mol. The molecule has 1 aliphatic heterocycles. The lowest BCUT2D eigenvalue weighted by Gasteiger charge is -2.39. The van der Waals surface area contributed by atoms with Crippen molar-refractivity contribution in [2.75, 3.05) is 13.1 Å². The number of carbonyl (C=O) groups is 2. The number of aromatic nitrogens is 2. The van der Waals surface area contributed by atoms with Gasteiger partial charge in [0.2, 0.25) is 0 Å². The van der Waals surface area contributed by atoms with E-state index in [0.717, 1.165) is 19.5 Å². The number of rotatable bonds is 4. The van der Waals surface area contributed by atoms with Gasteiger partial charge in [0.1, 0.15) is 5.69 Å². The van der Waals surface area contributed by atoms with Crippen LogP contribution < -0.4 is 16.4 Å². The molecule has 2 amide bonds. The van der Waals surface area contributed by atoms with Crippen molar-refractivity contribution in [1.29, 1.82) is 0 Å². The molecule has 132 valence electrons. The van der Waals surface area contributed by atoms with E-state index in [4.69, 9.17) is 5.73 Å². The molecule has 0 radical (unpaired) electrons. The van der Waals surface area contributed by atoms with Gasteiger partial charge in [0.05, 0.1) is 5.69 Å². The second-order valence-electron chi connectivity index (χ2n) is 7.01. The van der Waals surface area contributed by atoms with Crippen molar-refractivity contribution in [2.24, 2.45) is 11.1 Å². The Hall–Kier alpha value is -2.67. The third kappa shape index (κ3) is 3.56. The maximum absolute atomic E-state index is 12.7. The van der Waals surface area contributed by atoms with Crippen LogP contribution in [0.1, 0.15) is 41.2 Å². The van der Waals surface area contributed by atoms with E-state index in [1.54, 1.807) is 12.1 Å². The zero-order valence-electron chi connectivity index (χ0n) is 14.5.